The lowest BCUT2D eigenvalue weighted by Gasteiger charge is -2.14. The van der Waals surface area contributed by atoms with Crippen molar-refractivity contribution < 1.29 is 23.5 Å². The summed E-state index contributed by atoms with van der Waals surface area (Å²) in [7, 11) is 0. The molecule has 0 unspecified atom stereocenters. The van der Waals surface area contributed by atoms with E-state index in [1.807, 2.05) is 58.0 Å². The average molecular weight is 437 g/mol. The van der Waals surface area contributed by atoms with E-state index in [2.05, 4.69) is 0 Å². The minimum absolute atomic E-state index is 0.0449. The van der Waals surface area contributed by atoms with Gasteiger partial charge in [-0.15, -0.1) is 0 Å². The number of benzene rings is 3. The van der Waals surface area contributed by atoms with Crippen LogP contribution >= 0.6 is 0 Å². The molecular weight excluding hydrogens is 408 g/mol. The van der Waals surface area contributed by atoms with Crippen molar-refractivity contribution in [3.8, 4) is 16.9 Å². The highest BCUT2D eigenvalue weighted by molar-refractivity contribution is 5.97. The summed E-state index contributed by atoms with van der Waals surface area (Å²) in [6, 6.07) is 18.9. The molecule has 1 N–H and O–H groups in total. The number of hydrogen-bond acceptors (Lipinski definition) is 2. The fourth-order valence-electron chi connectivity index (χ4n) is 3.68. The molecule has 0 amide bonds. The summed E-state index contributed by atoms with van der Waals surface area (Å²) in [6.45, 7) is 8.11. The first-order valence-corrected chi connectivity index (χ1v) is 10.8. The van der Waals surface area contributed by atoms with Crippen LogP contribution in [0.4, 0.5) is 8.78 Å². The van der Waals surface area contributed by atoms with Gasteiger partial charge in [0.25, 0.3) is 0 Å². The Balaban J connectivity index is 0.00000141. The van der Waals surface area contributed by atoms with E-state index in [-0.39, 0.29) is 29.5 Å². The highest BCUT2D eigenvalue weighted by Gasteiger charge is 2.27. The maximum Gasteiger partial charge on any atom is 0.245 e. The number of hydrogen-bond donors (Lipinski definition) is 1. The maximum absolute atomic E-state index is 15.3. The van der Waals surface area contributed by atoms with Crippen LogP contribution in [0.15, 0.2) is 72.9 Å². The molecule has 0 fully saturated rings. The summed E-state index contributed by atoms with van der Waals surface area (Å²) in [6.07, 6.45) is 1.36. The number of nitrogens with zero attached hydrogens (tertiary/aromatic N) is 1. The average Bonchev–Trinajstić information content (AvgIpc) is 2.80. The molecule has 3 nitrogen and oxygen atoms in total. The zero-order valence-electron chi connectivity index (χ0n) is 18.8. The summed E-state index contributed by atoms with van der Waals surface area (Å²) in [5, 5.41) is 11.5. The van der Waals surface area contributed by atoms with E-state index in [1.54, 1.807) is 24.3 Å². The molecule has 0 aliphatic rings. The maximum atomic E-state index is 15.3. The van der Waals surface area contributed by atoms with Crippen molar-refractivity contribution in [3.05, 3.63) is 95.8 Å². The van der Waals surface area contributed by atoms with E-state index in [9.17, 15) is 9.60 Å². The van der Waals surface area contributed by atoms with Gasteiger partial charge >= 0.3 is 0 Å². The predicted octanol–water partition coefficient (Wildman–Crippen LogP) is 7.04. The van der Waals surface area contributed by atoms with Crippen LogP contribution in [-0.4, -0.2) is 5.21 Å². The van der Waals surface area contributed by atoms with Gasteiger partial charge in [0.2, 0.25) is 11.9 Å². The van der Waals surface area contributed by atoms with Crippen LogP contribution in [0.3, 0.4) is 0 Å². The zero-order valence-corrected chi connectivity index (χ0v) is 18.8. The van der Waals surface area contributed by atoms with Crippen LogP contribution in [0, 0.1) is 11.6 Å². The minimum atomic E-state index is -0.551. The first-order chi connectivity index (χ1) is 15.5. The quantitative estimate of drug-likeness (QED) is 0.269. The Labute approximate surface area is 187 Å². The molecular formula is C27H28F2NO2+. The van der Waals surface area contributed by atoms with Gasteiger partial charge in [-0.2, -0.15) is 0 Å². The van der Waals surface area contributed by atoms with Gasteiger partial charge in [0, 0.05) is 16.0 Å². The minimum Gasteiger partial charge on any atom is -0.486 e. The molecule has 4 aromatic rings. The van der Waals surface area contributed by atoms with Crippen molar-refractivity contribution in [3.63, 3.8) is 0 Å². The monoisotopic (exact) mass is 436 g/mol. The van der Waals surface area contributed by atoms with Gasteiger partial charge in [0.05, 0.1) is 10.9 Å². The van der Waals surface area contributed by atoms with E-state index in [1.165, 1.54) is 18.3 Å². The third kappa shape index (κ3) is 4.72. The van der Waals surface area contributed by atoms with Crippen molar-refractivity contribution in [2.45, 2.75) is 40.2 Å². The molecule has 0 aliphatic heterocycles. The van der Waals surface area contributed by atoms with Crippen molar-refractivity contribution in [2.24, 2.45) is 0 Å². The van der Waals surface area contributed by atoms with Gasteiger partial charge in [0.15, 0.2) is 11.6 Å². The number of rotatable bonds is 5. The molecule has 0 radical (unpaired) electrons. The highest BCUT2D eigenvalue weighted by atomic mass is 19.1. The first-order valence-electron chi connectivity index (χ1n) is 10.8. The Hall–Kier alpha value is -3.47. The second-order valence-electron chi connectivity index (χ2n) is 7.51. The normalized spacial score (nSPS) is 10.7. The Morgan fingerprint density at radius 3 is 2.16 bits per heavy atom. The van der Waals surface area contributed by atoms with Crippen molar-refractivity contribution in [1.82, 2.24) is 0 Å². The third-order valence-electron chi connectivity index (χ3n) is 5.08. The van der Waals surface area contributed by atoms with E-state index < -0.39 is 5.82 Å². The zero-order chi connectivity index (χ0) is 23.3. The molecule has 166 valence electrons. The predicted molar refractivity (Wildman–Crippen MR) is 123 cm³/mol. The summed E-state index contributed by atoms with van der Waals surface area (Å²) >= 11 is 0. The molecule has 4 rings (SSSR count). The van der Waals surface area contributed by atoms with Crippen molar-refractivity contribution in [2.75, 3.05) is 0 Å². The summed E-state index contributed by atoms with van der Waals surface area (Å²) < 4.78 is 35.4. The fraction of sp³-hybridized carbons (Fsp3) is 0.222. The first kappa shape index (κ1) is 23.2. The molecule has 1 aromatic heterocycles. The Bertz CT molecular complexity index is 1190. The molecule has 5 heteroatoms. The van der Waals surface area contributed by atoms with E-state index in [0.29, 0.717) is 22.2 Å². The van der Waals surface area contributed by atoms with E-state index >= 15 is 4.39 Å². The second-order valence-corrected chi connectivity index (χ2v) is 7.51. The summed E-state index contributed by atoms with van der Waals surface area (Å²) in [5.74, 6) is -0.847. The summed E-state index contributed by atoms with van der Waals surface area (Å²) in [5.41, 5.74) is 2.91. The van der Waals surface area contributed by atoms with Crippen molar-refractivity contribution in [1.29, 1.82) is 0 Å². The molecule has 0 spiro atoms. The number of fused-ring (bicyclic) bond motifs is 1. The molecule has 1 heterocycles. The van der Waals surface area contributed by atoms with Crippen LogP contribution in [0.2, 0.25) is 0 Å². The Kier molecular flexibility index (Phi) is 7.41. The van der Waals surface area contributed by atoms with E-state index in [4.69, 9.17) is 4.74 Å². The fourth-order valence-corrected chi connectivity index (χ4v) is 3.68. The topological polar surface area (TPSA) is 33.3 Å². The summed E-state index contributed by atoms with van der Waals surface area (Å²) in [4.78, 5) is 0. The second kappa shape index (κ2) is 10.2. The molecule has 0 saturated carbocycles. The number of pyridine rings is 1. The van der Waals surface area contributed by atoms with Gasteiger partial charge in [-0.1, -0.05) is 70.2 Å². The van der Waals surface area contributed by atoms with Gasteiger partial charge < -0.3 is 4.74 Å². The molecule has 0 bridgehead atoms. The van der Waals surface area contributed by atoms with Crippen molar-refractivity contribution >= 4 is 10.8 Å². The smallest absolute Gasteiger partial charge is 0.245 e. The molecule has 3 aromatic carbocycles. The van der Waals surface area contributed by atoms with Crippen LogP contribution in [-0.2, 0) is 6.61 Å². The number of aromatic nitrogens is 1. The van der Waals surface area contributed by atoms with Crippen LogP contribution in [0.25, 0.3) is 21.9 Å². The Morgan fingerprint density at radius 1 is 0.875 bits per heavy atom. The molecule has 0 atom stereocenters. The SMILES string of the molecule is CC.CC(C)c1c(-c2ccc(F)cc2)c2ccc(OCc3ccccc3)c(F)c2c[n+]1O. The standard InChI is InChI=1S/C25H22F2NO2.C2H6/c1-16(2)25-23(18-8-10-19(26)11-9-18)20-12-13-22(24(27)21(20)14-28(25)29)30-15-17-6-4-3-5-7-17;1-2/h3-14,16,29H,15H2,1-2H3;1-2H3/q+1;. The van der Waals surface area contributed by atoms with Gasteiger partial charge in [-0.25, -0.2) is 8.78 Å². The van der Waals surface area contributed by atoms with Gasteiger partial charge in [-0.3, -0.25) is 5.21 Å². The number of halogens is 2. The third-order valence-corrected chi connectivity index (χ3v) is 5.08. The largest absolute Gasteiger partial charge is 0.486 e. The Morgan fingerprint density at radius 2 is 1.53 bits per heavy atom. The van der Waals surface area contributed by atoms with E-state index in [0.717, 1.165) is 10.3 Å². The lowest BCUT2D eigenvalue weighted by Crippen LogP contribution is -2.36. The highest BCUT2D eigenvalue weighted by Crippen LogP contribution is 2.37. The molecule has 0 saturated heterocycles. The molecule has 0 aliphatic carbocycles. The molecule has 32 heavy (non-hydrogen) atoms. The van der Waals surface area contributed by atoms with Gasteiger partial charge in [0.1, 0.15) is 12.4 Å². The lowest BCUT2D eigenvalue weighted by atomic mass is 9.92. The number of ether oxygens (including phenoxy) is 1. The van der Waals surface area contributed by atoms with Crippen LogP contribution < -0.4 is 9.47 Å². The van der Waals surface area contributed by atoms with Crippen LogP contribution in [0.5, 0.6) is 5.75 Å². The van der Waals surface area contributed by atoms with Gasteiger partial charge in [-0.05, 0) is 35.4 Å². The lowest BCUT2D eigenvalue weighted by molar-refractivity contribution is -0.909. The van der Waals surface area contributed by atoms with Crippen LogP contribution in [0.1, 0.15) is 44.9 Å².